The second-order valence-electron chi connectivity index (χ2n) is 7.51. The number of amides is 1. The molecule has 2 N–H and O–H groups in total. The van der Waals surface area contributed by atoms with Crippen LogP contribution in [0.4, 0.5) is 0 Å². The van der Waals surface area contributed by atoms with Gasteiger partial charge in [0.25, 0.3) is 5.95 Å². The minimum Gasteiger partial charge on any atom is -0.334 e. The van der Waals surface area contributed by atoms with Gasteiger partial charge in [0.15, 0.2) is 0 Å². The summed E-state index contributed by atoms with van der Waals surface area (Å²) in [6.07, 6.45) is 0. The molecule has 0 saturated carbocycles. The molecule has 0 bridgehead atoms. The molecule has 0 saturated heterocycles. The number of rotatable bonds is 7. The van der Waals surface area contributed by atoms with E-state index in [1.54, 1.807) is 9.58 Å². The monoisotopic (exact) mass is 447 g/mol. The fourth-order valence-electron chi connectivity index (χ4n) is 3.63. The first-order chi connectivity index (χ1) is 15.5. The minimum atomic E-state index is -0.188. The summed E-state index contributed by atoms with van der Waals surface area (Å²) in [5, 5.41) is 13.2. The van der Waals surface area contributed by atoms with Gasteiger partial charge in [-0.25, -0.2) is 9.36 Å². The Morgan fingerprint density at radius 1 is 1.03 bits per heavy atom. The van der Waals surface area contributed by atoms with E-state index in [1.165, 1.54) is 16.4 Å². The topological polar surface area (TPSA) is 94.9 Å². The molecule has 9 heteroatoms. The molecule has 4 aromatic rings. The number of aryl methyl sites for hydroxylation is 2. The molecular formula is C23H25N7OS. The Morgan fingerprint density at radius 3 is 2.16 bits per heavy atom. The summed E-state index contributed by atoms with van der Waals surface area (Å²) in [4.78, 5) is 14.9. The van der Waals surface area contributed by atoms with Crippen molar-refractivity contribution in [1.29, 1.82) is 0 Å². The summed E-state index contributed by atoms with van der Waals surface area (Å²) < 4.78 is 3.00. The van der Waals surface area contributed by atoms with E-state index in [-0.39, 0.29) is 17.7 Å². The SMILES string of the molecule is Cc1cc(C)n(-c2nnc(SCC(=O)N(C)C(c3ccccc3)c3ccccc3)n2N)n1. The lowest BCUT2D eigenvalue weighted by Crippen LogP contribution is -2.33. The molecule has 32 heavy (non-hydrogen) atoms. The predicted molar refractivity (Wildman–Crippen MR) is 125 cm³/mol. The van der Waals surface area contributed by atoms with Gasteiger partial charge in [-0.15, -0.1) is 10.2 Å². The van der Waals surface area contributed by atoms with Crippen LogP contribution >= 0.6 is 11.8 Å². The van der Waals surface area contributed by atoms with E-state index < -0.39 is 0 Å². The van der Waals surface area contributed by atoms with Gasteiger partial charge in [-0.1, -0.05) is 72.4 Å². The van der Waals surface area contributed by atoms with E-state index in [2.05, 4.69) is 15.3 Å². The maximum atomic E-state index is 13.1. The smallest absolute Gasteiger partial charge is 0.271 e. The summed E-state index contributed by atoms with van der Waals surface area (Å²) >= 11 is 1.25. The molecule has 0 unspecified atom stereocenters. The van der Waals surface area contributed by atoms with E-state index in [9.17, 15) is 4.79 Å². The Hall–Kier alpha value is -3.59. The lowest BCUT2D eigenvalue weighted by molar-refractivity contribution is -0.128. The van der Waals surface area contributed by atoms with Crippen molar-refractivity contribution in [3.8, 4) is 5.95 Å². The van der Waals surface area contributed by atoms with Crippen LogP contribution in [0.25, 0.3) is 5.95 Å². The van der Waals surface area contributed by atoms with E-state index in [4.69, 9.17) is 5.84 Å². The third kappa shape index (κ3) is 4.38. The highest BCUT2D eigenvalue weighted by molar-refractivity contribution is 7.99. The molecule has 2 heterocycles. The Balaban J connectivity index is 1.51. The highest BCUT2D eigenvalue weighted by Gasteiger charge is 2.24. The van der Waals surface area contributed by atoms with Crippen molar-refractivity contribution in [2.45, 2.75) is 25.0 Å². The average Bonchev–Trinajstić information content (AvgIpc) is 3.33. The second-order valence-corrected chi connectivity index (χ2v) is 8.45. The molecular weight excluding hydrogens is 422 g/mol. The van der Waals surface area contributed by atoms with Gasteiger partial charge in [-0.3, -0.25) is 4.79 Å². The highest BCUT2D eigenvalue weighted by Crippen LogP contribution is 2.28. The van der Waals surface area contributed by atoms with Crippen LogP contribution in [0.3, 0.4) is 0 Å². The first-order valence-corrected chi connectivity index (χ1v) is 11.2. The van der Waals surface area contributed by atoms with Gasteiger partial charge in [0, 0.05) is 12.7 Å². The molecule has 1 amide bonds. The standard InChI is InChI=1S/C23H25N7OS/c1-16-14-17(2)30(27-16)22-25-26-23(29(22)24)32-15-20(31)28(3)21(18-10-6-4-7-11-18)19-12-8-5-9-13-19/h4-14,21H,15,24H2,1-3H3. The van der Waals surface area contributed by atoms with Crippen LogP contribution in [0, 0.1) is 13.8 Å². The summed E-state index contributed by atoms with van der Waals surface area (Å²) in [5.41, 5.74) is 3.87. The van der Waals surface area contributed by atoms with E-state index in [0.717, 1.165) is 22.5 Å². The minimum absolute atomic E-state index is 0.0385. The van der Waals surface area contributed by atoms with Gasteiger partial charge in [-0.05, 0) is 31.0 Å². The number of carbonyl (C=O) groups is 1. The maximum Gasteiger partial charge on any atom is 0.271 e. The lowest BCUT2D eigenvalue weighted by Gasteiger charge is -2.29. The molecule has 2 aromatic carbocycles. The molecule has 0 aliphatic carbocycles. The van der Waals surface area contributed by atoms with Crippen LogP contribution in [-0.4, -0.2) is 48.3 Å². The number of carbonyl (C=O) groups excluding carboxylic acids is 1. The average molecular weight is 448 g/mol. The van der Waals surface area contributed by atoms with Crippen molar-refractivity contribution in [1.82, 2.24) is 29.6 Å². The van der Waals surface area contributed by atoms with Crippen LogP contribution in [0.1, 0.15) is 28.6 Å². The van der Waals surface area contributed by atoms with Crippen molar-refractivity contribution in [3.05, 3.63) is 89.2 Å². The number of nitrogens with zero attached hydrogens (tertiary/aromatic N) is 6. The first kappa shape index (κ1) is 21.6. The third-order valence-corrected chi connectivity index (χ3v) is 6.11. The normalized spacial score (nSPS) is 11.1. The molecule has 0 spiro atoms. The fourth-order valence-corrected chi connectivity index (χ4v) is 4.40. The van der Waals surface area contributed by atoms with Crippen molar-refractivity contribution >= 4 is 17.7 Å². The molecule has 0 aliphatic heterocycles. The van der Waals surface area contributed by atoms with Crippen molar-refractivity contribution in [3.63, 3.8) is 0 Å². The van der Waals surface area contributed by atoms with Gasteiger partial charge in [0.2, 0.25) is 11.1 Å². The molecule has 2 aromatic heterocycles. The van der Waals surface area contributed by atoms with Gasteiger partial charge in [0.1, 0.15) is 0 Å². The second kappa shape index (κ2) is 9.27. The van der Waals surface area contributed by atoms with Crippen LogP contribution in [-0.2, 0) is 4.79 Å². The maximum absolute atomic E-state index is 13.1. The summed E-state index contributed by atoms with van der Waals surface area (Å²) in [7, 11) is 1.82. The van der Waals surface area contributed by atoms with E-state index in [1.807, 2.05) is 87.6 Å². The Bertz CT molecular complexity index is 1160. The van der Waals surface area contributed by atoms with E-state index >= 15 is 0 Å². The number of hydrogen-bond donors (Lipinski definition) is 1. The number of hydrogen-bond acceptors (Lipinski definition) is 6. The summed E-state index contributed by atoms with van der Waals surface area (Å²) in [5.74, 6) is 6.75. The molecule has 0 fully saturated rings. The zero-order valence-corrected chi connectivity index (χ0v) is 19.0. The van der Waals surface area contributed by atoms with Crippen LogP contribution in [0.5, 0.6) is 0 Å². The number of benzene rings is 2. The zero-order chi connectivity index (χ0) is 22.7. The van der Waals surface area contributed by atoms with Crippen molar-refractivity contribution < 1.29 is 4.79 Å². The van der Waals surface area contributed by atoms with Crippen LogP contribution in [0.15, 0.2) is 71.9 Å². The Morgan fingerprint density at radius 2 is 1.62 bits per heavy atom. The van der Waals surface area contributed by atoms with Gasteiger partial charge < -0.3 is 10.7 Å². The molecule has 0 aliphatic rings. The number of aromatic nitrogens is 5. The Labute approximate surface area is 191 Å². The lowest BCUT2D eigenvalue weighted by atomic mass is 9.97. The Kier molecular flexibility index (Phi) is 6.27. The van der Waals surface area contributed by atoms with Crippen molar-refractivity contribution in [2.24, 2.45) is 0 Å². The molecule has 4 rings (SSSR count). The highest BCUT2D eigenvalue weighted by atomic mass is 32.2. The number of thioether (sulfide) groups is 1. The predicted octanol–water partition coefficient (Wildman–Crippen LogP) is 3.13. The summed E-state index contributed by atoms with van der Waals surface area (Å²) in [6.45, 7) is 3.83. The number of nitrogen functional groups attached to an aromatic ring is 1. The first-order valence-electron chi connectivity index (χ1n) is 10.2. The third-order valence-electron chi connectivity index (χ3n) is 5.18. The van der Waals surface area contributed by atoms with Crippen molar-refractivity contribution in [2.75, 3.05) is 18.6 Å². The molecule has 0 radical (unpaired) electrons. The van der Waals surface area contributed by atoms with Gasteiger partial charge >= 0.3 is 0 Å². The van der Waals surface area contributed by atoms with Crippen LogP contribution < -0.4 is 5.84 Å². The molecule has 0 atom stereocenters. The number of nitrogens with two attached hydrogens (primary N) is 1. The zero-order valence-electron chi connectivity index (χ0n) is 18.2. The fraction of sp³-hybridized carbons (Fsp3) is 0.217. The van der Waals surface area contributed by atoms with Crippen LogP contribution in [0.2, 0.25) is 0 Å². The van der Waals surface area contributed by atoms with E-state index in [0.29, 0.717) is 11.1 Å². The largest absolute Gasteiger partial charge is 0.334 e. The molecule has 8 nitrogen and oxygen atoms in total. The summed E-state index contributed by atoms with van der Waals surface area (Å²) in [6, 6.07) is 21.8. The van der Waals surface area contributed by atoms with Gasteiger partial charge in [-0.2, -0.15) is 5.10 Å². The van der Waals surface area contributed by atoms with Gasteiger partial charge in [0.05, 0.1) is 17.5 Å². The molecule has 164 valence electrons. The quantitative estimate of drug-likeness (QED) is 0.345.